The van der Waals surface area contributed by atoms with Gasteiger partial charge in [0.15, 0.2) is 9.84 Å². The van der Waals surface area contributed by atoms with Gasteiger partial charge in [0.2, 0.25) is 5.91 Å². The van der Waals surface area contributed by atoms with E-state index in [0.29, 0.717) is 25.9 Å². The zero-order valence-corrected chi connectivity index (χ0v) is 15.3. The van der Waals surface area contributed by atoms with E-state index in [9.17, 15) is 22.0 Å². The van der Waals surface area contributed by atoms with Crippen LogP contribution in [0.2, 0.25) is 0 Å². The summed E-state index contributed by atoms with van der Waals surface area (Å²) in [6.07, 6.45) is 2.83. The summed E-state index contributed by atoms with van der Waals surface area (Å²) >= 11 is 0. The van der Waals surface area contributed by atoms with Crippen LogP contribution in [-0.4, -0.2) is 56.4 Å². The van der Waals surface area contributed by atoms with Gasteiger partial charge in [-0.25, -0.2) is 17.2 Å². The average molecular weight is 384 g/mol. The third-order valence-corrected chi connectivity index (χ3v) is 7.86. The Morgan fingerprint density at radius 1 is 1.12 bits per heavy atom. The Morgan fingerprint density at radius 2 is 1.85 bits per heavy atom. The van der Waals surface area contributed by atoms with E-state index in [1.54, 1.807) is 0 Å². The second-order valence-corrected chi connectivity index (χ2v) is 9.96. The van der Waals surface area contributed by atoms with E-state index in [-0.39, 0.29) is 35.1 Å². The fourth-order valence-corrected chi connectivity index (χ4v) is 6.99. The predicted octanol–water partition coefficient (Wildman–Crippen LogP) is 1.97. The van der Waals surface area contributed by atoms with Crippen molar-refractivity contribution < 1.29 is 22.0 Å². The van der Waals surface area contributed by atoms with Crippen LogP contribution >= 0.6 is 0 Å². The van der Waals surface area contributed by atoms with Crippen LogP contribution in [0, 0.1) is 17.0 Å². The lowest BCUT2D eigenvalue weighted by molar-refractivity contribution is -0.122. The van der Waals surface area contributed by atoms with E-state index in [1.165, 1.54) is 11.0 Å². The van der Waals surface area contributed by atoms with Crippen LogP contribution in [0.5, 0.6) is 0 Å². The predicted molar refractivity (Wildman–Crippen MR) is 93.6 cm³/mol. The van der Waals surface area contributed by atoms with E-state index in [1.807, 2.05) is 4.90 Å². The van der Waals surface area contributed by atoms with Crippen LogP contribution in [0.15, 0.2) is 18.2 Å². The summed E-state index contributed by atoms with van der Waals surface area (Å²) in [5.74, 6) is -1.38. The van der Waals surface area contributed by atoms with Crippen molar-refractivity contribution in [2.45, 2.75) is 31.7 Å². The van der Waals surface area contributed by atoms with Crippen LogP contribution in [0.1, 0.15) is 25.7 Å². The molecule has 8 heteroatoms. The van der Waals surface area contributed by atoms with E-state index in [0.717, 1.165) is 25.0 Å². The van der Waals surface area contributed by atoms with Gasteiger partial charge in [-0.3, -0.25) is 9.69 Å². The molecule has 0 aromatic heterocycles. The summed E-state index contributed by atoms with van der Waals surface area (Å²) < 4.78 is 52.0. The van der Waals surface area contributed by atoms with Gasteiger partial charge >= 0.3 is 0 Å². The number of likely N-dealkylation sites (tertiary alicyclic amines) is 1. The summed E-state index contributed by atoms with van der Waals surface area (Å²) in [6, 6.07) is 3.15. The summed E-state index contributed by atoms with van der Waals surface area (Å²) in [7, 11) is -3.00. The monoisotopic (exact) mass is 384 g/mol. The molecule has 0 bridgehead atoms. The maximum Gasteiger partial charge on any atom is 0.244 e. The quantitative estimate of drug-likeness (QED) is 0.782. The minimum atomic E-state index is -3.00. The molecule has 2 unspecified atom stereocenters. The van der Waals surface area contributed by atoms with Crippen molar-refractivity contribution in [3.8, 4) is 0 Å². The maximum absolute atomic E-state index is 14.1. The Labute approximate surface area is 151 Å². The molecule has 1 aromatic rings. The highest BCUT2D eigenvalue weighted by Gasteiger charge is 2.48. The first kappa shape index (κ1) is 17.9. The summed E-state index contributed by atoms with van der Waals surface area (Å²) in [4.78, 5) is 16.1. The Bertz CT molecular complexity index is 825. The van der Waals surface area contributed by atoms with Crippen molar-refractivity contribution in [1.29, 1.82) is 0 Å². The molecule has 5 nitrogen and oxygen atoms in total. The molecule has 1 spiro atoms. The molecule has 2 atom stereocenters. The number of nitrogens with zero attached hydrogens (tertiary/aromatic N) is 2. The molecule has 3 aliphatic rings. The molecule has 26 heavy (non-hydrogen) atoms. The largest absolute Gasteiger partial charge is 0.306 e. The van der Waals surface area contributed by atoms with Gasteiger partial charge in [0, 0.05) is 13.1 Å². The Balaban J connectivity index is 1.54. The standard InChI is InChI=1S/C18H22F2N2O3S/c19-13-3-1-4-14(20)16(13)22-9-5-15(17(22)23)21-8-2-6-18(11-21)7-10-26(24,25)12-18/h1,3-4,15H,2,5-12H2. The molecule has 4 rings (SSSR count). The minimum absolute atomic E-state index is 0.184. The van der Waals surface area contributed by atoms with Crippen molar-refractivity contribution in [2.75, 3.05) is 36.0 Å². The van der Waals surface area contributed by atoms with Crippen LogP contribution in [0.4, 0.5) is 14.5 Å². The summed E-state index contributed by atoms with van der Waals surface area (Å²) in [5, 5.41) is 0. The number of amides is 1. The smallest absolute Gasteiger partial charge is 0.244 e. The highest BCUT2D eigenvalue weighted by molar-refractivity contribution is 7.91. The van der Waals surface area contributed by atoms with Crippen LogP contribution < -0.4 is 4.90 Å². The highest BCUT2D eigenvalue weighted by Crippen LogP contribution is 2.42. The molecule has 1 aromatic carbocycles. The number of halogens is 2. The highest BCUT2D eigenvalue weighted by atomic mass is 32.2. The number of rotatable bonds is 2. The topological polar surface area (TPSA) is 57.7 Å². The van der Waals surface area contributed by atoms with Crippen LogP contribution in [0.3, 0.4) is 0 Å². The second-order valence-electron chi connectivity index (χ2n) is 7.78. The molecule has 3 heterocycles. The normalized spacial score (nSPS) is 31.8. The number of para-hydroxylation sites is 1. The fourth-order valence-electron chi connectivity index (χ4n) is 4.79. The molecule has 1 amide bonds. The zero-order chi connectivity index (χ0) is 18.5. The second kappa shape index (κ2) is 6.27. The fraction of sp³-hybridized carbons (Fsp3) is 0.611. The molecule has 3 saturated heterocycles. The Kier molecular flexibility index (Phi) is 4.30. The van der Waals surface area contributed by atoms with Crippen molar-refractivity contribution in [2.24, 2.45) is 5.41 Å². The third-order valence-electron chi connectivity index (χ3n) is 5.99. The number of hydrogen-bond acceptors (Lipinski definition) is 4. The molecule has 3 fully saturated rings. The van der Waals surface area contributed by atoms with E-state index in [4.69, 9.17) is 0 Å². The Morgan fingerprint density at radius 3 is 2.50 bits per heavy atom. The van der Waals surface area contributed by atoms with Crippen molar-refractivity contribution >= 4 is 21.4 Å². The lowest BCUT2D eigenvalue weighted by atomic mass is 9.79. The van der Waals surface area contributed by atoms with Gasteiger partial charge in [-0.15, -0.1) is 0 Å². The van der Waals surface area contributed by atoms with Gasteiger partial charge in [0.1, 0.15) is 17.3 Å². The minimum Gasteiger partial charge on any atom is -0.306 e. The zero-order valence-electron chi connectivity index (χ0n) is 14.5. The van der Waals surface area contributed by atoms with E-state index < -0.39 is 27.5 Å². The molecular formula is C18H22F2N2O3S. The van der Waals surface area contributed by atoms with Crippen molar-refractivity contribution in [3.63, 3.8) is 0 Å². The third kappa shape index (κ3) is 3.03. The summed E-state index contributed by atoms with van der Waals surface area (Å²) in [5.41, 5.74) is -0.552. The average Bonchev–Trinajstić information content (AvgIpc) is 3.08. The Hall–Kier alpha value is -1.54. The van der Waals surface area contributed by atoms with E-state index in [2.05, 4.69) is 0 Å². The van der Waals surface area contributed by atoms with Crippen LogP contribution in [0.25, 0.3) is 0 Å². The van der Waals surface area contributed by atoms with Gasteiger partial charge in [0.25, 0.3) is 0 Å². The summed E-state index contributed by atoms with van der Waals surface area (Å²) in [6.45, 7) is 1.55. The number of anilines is 1. The molecule has 3 aliphatic heterocycles. The molecule has 0 N–H and O–H groups in total. The number of sulfone groups is 1. The van der Waals surface area contributed by atoms with Gasteiger partial charge in [0.05, 0.1) is 17.5 Å². The maximum atomic E-state index is 14.1. The lowest BCUT2D eigenvalue weighted by Crippen LogP contribution is -2.51. The van der Waals surface area contributed by atoms with Crippen molar-refractivity contribution in [3.05, 3.63) is 29.8 Å². The van der Waals surface area contributed by atoms with E-state index >= 15 is 0 Å². The lowest BCUT2D eigenvalue weighted by Gasteiger charge is -2.41. The van der Waals surface area contributed by atoms with Gasteiger partial charge in [-0.2, -0.15) is 0 Å². The van der Waals surface area contributed by atoms with Crippen LogP contribution in [-0.2, 0) is 14.6 Å². The number of benzene rings is 1. The molecule has 142 valence electrons. The number of hydrogen-bond donors (Lipinski definition) is 0. The van der Waals surface area contributed by atoms with Gasteiger partial charge < -0.3 is 4.90 Å². The SMILES string of the molecule is O=C1C(N2CCCC3(CCS(=O)(=O)C3)C2)CCN1c1c(F)cccc1F. The number of carbonyl (C=O) groups is 1. The molecule has 0 saturated carbocycles. The van der Waals surface area contributed by atoms with Crippen molar-refractivity contribution in [1.82, 2.24) is 4.90 Å². The number of piperidine rings is 1. The first-order valence-corrected chi connectivity index (χ1v) is 10.8. The van der Waals surface area contributed by atoms with Gasteiger partial charge in [-0.1, -0.05) is 6.07 Å². The first-order chi connectivity index (χ1) is 12.3. The molecule has 0 radical (unpaired) electrons. The molecule has 0 aliphatic carbocycles. The first-order valence-electron chi connectivity index (χ1n) is 9.00. The number of carbonyl (C=O) groups excluding carboxylic acids is 1. The molecular weight excluding hydrogens is 362 g/mol. The van der Waals surface area contributed by atoms with Gasteiger partial charge in [-0.05, 0) is 49.8 Å².